The molecule has 17 heavy (non-hydrogen) atoms. The van der Waals surface area contributed by atoms with E-state index in [-0.39, 0.29) is 5.91 Å². The molecular weight excluding hydrogens is 278 g/mol. The summed E-state index contributed by atoms with van der Waals surface area (Å²) in [5, 5.41) is 3.18. The molecule has 2 nitrogen and oxygen atoms in total. The summed E-state index contributed by atoms with van der Waals surface area (Å²) in [7, 11) is 0. The number of hydrogen-bond acceptors (Lipinski definition) is 1. The Labute approximate surface area is 111 Å². The fraction of sp³-hybridized carbons (Fsp3) is 0.500. The summed E-state index contributed by atoms with van der Waals surface area (Å²) in [5.41, 5.74) is 2.30. The predicted molar refractivity (Wildman–Crippen MR) is 74.7 cm³/mol. The Morgan fingerprint density at radius 2 is 1.82 bits per heavy atom. The van der Waals surface area contributed by atoms with Crippen LogP contribution in [-0.2, 0) is 4.79 Å². The molecule has 92 valence electrons. The van der Waals surface area contributed by atoms with Gasteiger partial charge in [-0.25, -0.2) is 0 Å². The highest BCUT2D eigenvalue weighted by molar-refractivity contribution is 9.09. The Balaban J connectivity index is 1.99. The number of hydrogen-bond donors (Lipinski definition) is 1. The molecule has 1 aliphatic rings. The first-order chi connectivity index (χ1) is 8.29. The van der Waals surface area contributed by atoms with Crippen molar-refractivity contribution in [2.24, 2.45) is 0 Å². The highest BCUT2D eigenvalue weighted by Crippen LogP contribution is 2.32. The van der Waals surface area contributed by atoms with Crippen molar-refractivity contribution >= 4 is 27.5 Å². The summed E-state index contributed by atoms with van der Waals surface area (Å²) in [5.74, 6) is 0.722. The zero-order valence-electron chi connectivity index (χ0n) is 9.92. The minimum Gasteiger partial charge on any atom is -0.325 e. The largest absolute Gasteiger partial charge is 0.325 e. The molecule has 0 aliphatic heterocycles. The first-order valence-corrected chi connectivity index (χ1v) is 7.37. The van der Waals surface area contributed by atoms with Crippen molar-refractivity contribution in [2.45, 2.75) is 38.0 Å². The maximum Gasteiger partial charge on any atom is 0.235 e. The minimum atomic E-state index is -0.00424. The lowest BCUT2D eigenvalue weighted by Gasteiger charge is -2.22. The van der Waals surface area contributed by atoms with E-state index in [9.17, 15) is 4.79 Å². The molecule has 1 N–H and O–H groups in total. The number of rotatable bonds is 3. The maximum atomic E-state index is 11.2. The summed E-state index contributed by atoms with van der Waals surface area (Å²) in [6.45, 7) is 0. The molecule has 0 unspecified atom stereocenters. The number of halogens is 1. The summed E-state index contributed by atoms with van der Waals surface area (Å²) in [6.07, 6.45) is 6.72. The van der Waals surface area contributed by atoms with Crippen LogP contribution in [0.1, 0.15) is 43.6 Å². The Morgan fingerprint density at radius 1 is 1.18 bits per heavy atom. The van der Waals surface area contributed by atoms with Crippen molar-refractivity contribution in [3.63, 3.8) is 0 Å². The molecule has 0 bridgehead atoms. The van der Waals surface area contributed by atoms with E-state index >= 15 is 0 Å². The molecule has 1 fully saturated rings. The maximum absolute atomic E-state index is 11.2. The average Bonchev–Trinajstić information content (AvgIpc) is 2.40. The lowest BCUT2D eigenvalue weighted by molar-refractivity contribution is -0.113. The van der Waals surface area contributed by atoms with Crippen LogP contribution in [0.4, 0.5) is 5.69 Å². The third-order valence-electron chi connectivity index (χ3n) is 3.39. The van der Waals surface area contributed by atoms with E-state index in [0.29, 0.717) is 5.33 Å². The van der Waals surface area contributed by atoms with Crippen LogP contribution in [-0.4, -0.2) is 11.2 Å². The van der Waals surface area contributed by atoms with Crippen molar-refractivity contribution in [2.75, 3.05) is 10.6 Å². The van der Waals surface area contributed by atoms with E-state index in [0.717, 1.165) is 11.6 Å². The van der Waals surface area contributed by atoms with Gasteiger partial charge in [-0.2, -0.15) is 0 Å². The molecule has 2 rings (SSSR count). The number of carbonyl (C=O) groups is 1. The van der Waals surface area contributed by atoms with Gasteiger partial charge in [-0.05, 0) is 36.5 Å². The molecule has 0 aromatic heterocycles. The topological polar surface area (TPSA) is 29.1 Å². The Hall–Kier alpha value is -0.830. The van der Waals surface area contributed by atoms with Crippen molar-refractivity contribution in [1.82, 2.24) is 0 Å². The van der Waals surface area contributed by atoms with E-state index < -0.39 is 0 Å². The van der Waals surface area contributed by atoms with Gasteiger partial charge in [-0.1, -0.05) is 47.3 Å². The monoisotopic (exact) mass is 295 g/mol. The van der Waals surface area contributed by atoms with Gasteiger partial charge in [0.1, 0.15) is 0 Å². The molecular formula is C14H18BrNO. The van der Waals surface area contributed by atoms with Crippen molar-refractivity contribution in [3.05, 3.63) is 29.8 Å². The molecule has 0 heterocycles. The predicted octanol–water partition coefficient (Wildman–Crippen LogP) is 4.07. The molecule has 1 amide bonds. The highest BCUT2D eigenvalue weighted by atomic mass is 79.9. The third kappa shape index (κ3) is 3.56. The molecule has 1 saturated carbocycles. The van der Waals surface area contributed by atoms with E-state index in [2.05, 4.69) is 33.4 Å². The van der Waals surface area contributed by atoms with E-state index in [1.54, 1.807) is 0 Å². The van der Waals surface area contributed by atoms with Crippen LogP contribution in [0.3, 0.4) is 0 Å². The fourth-order valence-corrected chi connectivity index (χ4v) is 2.61. The van der Waals surface area contributed by atoms with Gasteiger partial charge in [0.15, 0.2) is 0 Å². The van der Waals surface area contributed by atoms with Crippen molar-refractivity contribution in [1.29, 1.82) is 0 Å². The normalized spacial score (nSPS) is 16.8. The summed E-state index contributed by atoms with van der Waals surface area (Å²) >= 11 is 3.14. The number of alkyl halides is 1. The van der Waals surface area contributed by atoms with Crippen LogP contribution in [0.2, 0.25) is 0 Å². The SMILES string of the molecule is O=C(CBr)Nc1ccc(C2CCCCC2)cc1. The zero-order valence-corrected chi connectivity index (χ0v) is 11.5. The van der Waals surface area contributed by atoms with Crippen molar-refractivity contribution in [3.8, 4) is 0 Å². The van der Waals surface area contributed by atoms with Crippen LogP contribution in [0.5, 0.6) is 0 Å². The smallest absolute Gasteiger partial charge is 0.235 e. The number of amides is 1. The van der Waals surface area contributed by atoms with Crippen LogP contribution in [0.25, 0.3) is 0 Å². The van der Waals surface area contributed by atoms with Gasteiger partial charge in [0.05, 0.1) is 5.33 Å². The van der Waals surface area contributed by atoms with Crippen molar-refractivity contribution < 1.29 is 4.79 Å². The standard InChI is InChI=1S/C14H18BrNO/c15-10-14(17)16-13-8-6-12(7-9-13)11-4-2-1-3-5-11/h6-9,11H,1-5,10H2,(H,16,17). The van der Waals surface area contributed by atoms with Crippen LogP contribution < -0.4 is 5.32 Å². The van der Waals surface area contributed by atoms with Gasteiger partial charge in [0.2, 0.25) is 5.91 Å². The number of nitrogens with one attached hydrogen (secondary N) is 1. The minimum absolute atomic E-state index is 0.00424. The van der Waals surface area contributed by atoms with Crippen LogP contribution in [0.15, 0.2) is 24.3 Å². The van der Waals surface area contributed by atoms with Gasteiger partial charge in [-0.3, -0.25) is 4.79 Å². The Kier molecular flexibility index (Phi) is 4.60. The van der Waals surface area contributed by atoms with E-state index in [4.69, 9.17) is 0 Å². The Morgan fingerprint density at radius 3 is 2.41 bits per heavy atom. The lowest BCUT2D eigenvalue weighted by atomic mass is 9.84. The second-order valence-corrected chi connectivity index (χ2v) is 5.20. The number of benzene rings is 1. The molecule has 1 aromatic carbocycles. The molecule has 1 aliphatic carbocycles. The molecule has 0 radical (unpaired) electrons. The van der Waals surface area contributed by atoms with Crippen LogP contribution >= 0.6 is 15.9 Å². The molecule has 3 heteroatoms. The second-order valence-electron chi connectivity index (χ2n) is 4.64. The Bertz CT molecular complexity index is 368. The number of anilines is 1. The molecule has 0 atom stereocenters. The van der Waals surface area contributed by atoms with Gasteiger partial charge in [-0.15, -0.1) is 0 Å². The highest BCUT2D eigenvalue weighted by Gasteiger charge is 2.15. The second kappa shape index (κ2) is 6.20. The molecule has 1 aromatic rings. The number of carbonyl (C=O) groups excluding carboxylic acids is 1. The summed E-state index contributed by atoms with van der Waals surface area (Å²) in [4.78, 5) is 11.2. The van der Waals surface area contributed by atoms with E-state index in [1.165, 1.54) is 37.7 Å². The zero-order chi connectivity index (χ0) is 12.1. The summed E-state index contributed by atoms with van der Waals surface area (Å²) < 4.78 is 0. The van der Waals surface area contributed by atoms with Crippen LogP contribution in [0, 0.1) is 0 Å². The fourth-order valence-electron chi connectivity index (χ4n) is 2.47. The van der Waals surface area contributed by atoms with Gasteiger partial charge < -0.3 is 5.32 Å². The van der Waals surface area contributed by atoms with Gasteiger partial charge >= 0.3 is 0 Å². The van der Waals surface area contributed by atoms with E-state index in [1.807, 2.05) is 12.1 Å². The van der Waals surface area contributed by atoms with Gasteiger partial charge in [0.25, 0.3) is 0 Å². The lowest BCUT2D eigenvalue weighted by Crippen LogP contribution is -2.12. The van der Waals surface area contributed by atoms with Gasteiger partial charge in [0, 0.05) is 5.69 Å². The first kappa shape index (κ1) is 12.6. The average molecular weight is 296 g/mol. The molecule has 0 spiro atoms. The quantitative estimate of drug-likeness (QED) is 0.837. The molecule has 0 saturated heterocycles. The first-order valence-electron chi connectivity index (χ1n) is 6.25. The summed E-state index contributed by atoms with van der Waals surface area (Å²) in [6, 6.07) is 8.31. The third-order valence-corrected chi connectivity index (χ3v) is 3.90.